The topological polar surface area (TPSA) is 54.5 Å². The van der Waals surface area contributed by atoms with Crippen LogP contribution in [-0.2, 0) is 27.8 Å². The van der Waals surface area contributed by atoms with E-state index >= 15 is 0 Å². The van der Waals surface area contributed by atoms with Crippen LogP contribution in [0.15, 0.2) is 24.3 Å². The van der Waals surface area contributed by atoms with E-state index in [9.17, 15) is 13.2 Å². The molecule has 1 aromatic rings. The molecule has 5 heteroatoms. The summed E-state index contributed by atoms with van der Waals surface area (Å²) in [6.45, 7) is 5.15. The van der Waals surface area contributed by atoms with Crippen molar-refractivity contribution in [3.05, 3.63) is 35.4 Å². The van der Waals surface area contributed by atoms with Gasteiger partial charge >= 0.3 is 0 Å². The van der Waals surface area contributed by atoms with Gasteiger partial charge < -0.3 is 0 Å². The number of hydrogen-bond donors (Lipinski definition) is 0. The van der Waals surface area contributed by atoms with Gasteiger partial charge in [-0.25, -0.2) is 8.42 Å². The minimum atomic E-state index is -3.44. The third-order valence-electron chi connectivity index (χ3n) is 7.06. The molecule has 2 unspecified atom stereocenters. The Morgan fingerprint density at radius 3 is 2.54 bits per heavy atom. The van der Waals surface area contributed by atoms with Crippen LogP contribution >= 0.6 is 0 Å². The summed E-state index contributed by atoms with van der Waals surface area (Å²) in [7, 11) is -3.44. The van der Waals surface area contributed by atoms with Crippen molar-refractivity contribution in [2.45, 2.75) is 46.1 Å². The molecule has 0 spiro atoms. The van der Waals surface area contributed by atoms with E-state index in [1.165, 1.54) is 5.56 Å². The maximum atomic E-state index is 13.1. The van der Waals surface area contributed by atoms with Gasteiger partial charge in [0.25, 0.3) is 0 Å². The number of Topliss-reactive ketones (excluding diaryl/α,β-unsaturated/α-hetero) is 1. The Morgan fingerprint density at radius 2 is 1.92 bits per heavy atom. The zero-order chi connectivity index (χ0) is 17.2. The molecule has 2 fully saturated rings. The van der Waals surface area contributed by atoms with Crippen LogP contribution in [0.2, 0.25) is 0 Å². The van der Waals surface area contributed by atoms with Crippen LogP contribution in [0.25, 0.3) is 0 Å². The fraction of sp³-hybridized carbons (Fsp3) is 0.632. The molecule has 1 aromatic carbocycles. The summed E-state index contributed by atoms with van der Waals surface area (Å²) >= 11 is 0. The maximum absolute atomic E-state index is 13.1. The molecule has 0 saturated heterocycles. The largest absolute Gasteiger partial charge is 0.299 e. The third kappa shape index (κ3) is 2.14. The number of nitrogens with zero attached hydrogens (tertiary/aromatic N) is 1. The molecule has 0 radical (unpaired) electrons. The number of carbonyl (C=O) groups is 1. The van der Waals surface area contributed by atoms with Crippen molar-refractivity contribution < 1.29 is 13.2 Å². The standard InChI is InChI=1S/C19H25NO3S/c1-18(2)16-7-9-19(18,17(21)11-16)13-24(22,23)20-10-8-14-5-3-4-6-15(14)12-20/h3-6,16H,7-13H2,1-2H3. The second-order valence-electron chi connectivity index (χ2n) is 8.28. The lowest BCUT2D eigenvalue weighted by atomic mass is 9.70. The Bertz CT molecular complexity index is 799. The average Bonchev–Trinajstić information content (AvgIpc) is 2.88. The van der Waals surface area contributed by atoms with Gasteiger partial charge in [-0.2, -0.15) is 4.31 Å². The zero-order valence-corrected chi connectivity index (χ0v) is 15.2. The predicted octanol–water partition coefficient (Wildman–Crippen LogP) is 2.77. The van der Waals surface area contributed by atoms with Gasteiger partial charge in [0.05, 0.1) is 5.75 Å². The van der Waals surface area contributed by atoms with Crippen LogP contribution in [0.1, 0.15) is 44.2 Å². The zero-order valence-electron chi connectivity index (χ0n) is 14.4. The Hall–Kier alpha value is -1.20. The highest BCUT2D eigenvalue weighted by Gasteiger charge is 2.65. The lowest BCUT2D eigenvalue weighted by Gasteiger charge is -2.38. The first-order valence-electron chi connectivity index (χ1n) is 8.84. The molecule has 3 aliphatic rings. The van der Waals surface area contributed by atoms with Crippen molar-refractivity contribution in [1.82, 2.24) is 4.31 Å². The van der Waals surface area contributed by atoms with Crippen LogP contribution < -0.4 is 0 Å². The van der Waals surface area contributed by atoms with Crippen molar-refractivity contribution in [2.75, 3.05) is 12.3 Å². The van der Waals surface area contributed by atoms with E-state index in [1.54, 1.807) is 4.31 Å². The number of benzene rings is 1. The first-order valence-corrected chi connectivity index (χ1v) is 10.5. The SMILES string of the molecule is CC1(C)C2CCC1(CS(=O)(=O)N1CCc3ccccc3C1)C(=O)C2. The summed E-state index contributed by atoms with van der Waals surface area (Å²) < 4.78 is 27.9. The average molecular weight is 347 g/mol. The van der Waals surface area contributed by atoms with Gasteiger partial charge in [-0.05, 0) is 41.7 Å². The van der Waals surface area contributed by atoms with Gasteiger partial charge in [-0.15, -0.1) is 0 Å². The van der Waals surface area contributed by atoms with Crippen molar-refractivity contribution in [2.24, 2.45) is 16.7 Å². The summed E-state index contributed by atoms with van der Waals surface area (Å²) in [5, 5.41) is 0. The molecule has 4 rings (SSSR count). The van der Waals surface area contributed by atoms with Crippen LogP contribution in [0.5, 0.6) is 0 Å². The van der Waals surface area contributed by atoms with Crippen LogP contribution in [0.3, 0.4) is 0 Å². The number of ketones is 1. The molecule has 24 heavy (non-hydrogen) atoms. The smallest absolute Gasteiger partial charge is 0.215 e. The van der Waals surface area contributed by atoms with Gasteiger partial charge in [-0.3, -0.25) is 4.79 Å². The van der Waals surface area contributed by atoms with E-state index < -0.39 is 15.4 Å². The van der Waals surface area contributed by atoms with Crippen molar-refractivity contribution in [3.8, 4) is 0 Å². The summed E-state index contributed by atoms with van der Waals surface area (Å²) in [5.74, 6) is 0.511. The van der Waals surface area contributed by atoms with Gasteiger partial charge in [-0.1, -0.05) is 38.1 Å². The molecule has 2 saturated carbocycles. The van der Waals surface area contributed by atoms with Crippen molar-refractivity contribution >= 4 is 15.8 Å². The molecule has 1 heterocycles. The number of carbonyl (C=O) groups excluding carboxylic acids is 1. The number of fused-ring (bicyclic) bond motifs is 3. The fourth-order valence-electron chi connectivity index (χ4n) is 5.22. The van der Waals surface area contributed by atoms with E-state index in [2.05, 4.69) is 19.9 Å². The molecular formula is C19H25NO3S. The summed E-state index contributed by atoms with van der Waals surface area (Å²) in [4.78, 5) is 12.6. The monoisotopic (exact) mass is 347 g/mol. The molecule has 2 atom stereocenters. The first kappa shape index (κ1) is 16.3. The van der Waals surface area contributed by atoms with Gasteiger partial charge in [0, 0.05) is 24.9 Å². The van der Waals surface area contributed by atoms with Crippen LogP contribution in [0, 0.1) is 16.7 Å². The Labute approximate surface area is 144 Å². The highest BCUT2D eigenvalue weighted by molar-refractivity contribution is 7.89. The van der Waals surface area contributed by atoms with Gasteiger partial charge in [0.2, 0.25) is 10.0 Å². The quantitative estimate of drug-likeness (QED) is 0.845. The molecule has 0 amide bonds. The van der Waals surface area contributed by atoms with Gasteiger partial charge in [0.15, 0.2) is 0 Å². The lowest BCUT2D eigenvalue weighted by Crippen LogP contribution is -2.47. The summed E-state index contributed by atoms with van der Waals surface area (Å²) in [6.07, 6.45) is 3.03. The normalized spacial score (nSPS) is 32.1. The lowest BCUT2D eigenvalue weighted by molar-refractivity contribution is -0.128. The van der Waals surface area contributed by atoms with E-state index in [0.717, 1.165) is 24.8 Å². The molecule has 1 aliphatic heterocycles. The van der Waals surface area contributed by atoms with Crippen molar-refractivity contribution in [3.63, 3.8) is 0 Å². The maximum Gasteiger partial charge on any atom is 0.215 e. The van der Waals surface area contributed by atoms with E-state index in [4.69, 9.17) is 0 Å². The second-order valence-corrected chi connectivity index (χ2v) is 10.2. The molecule has 0 N–H and O–H groups in total. The number of rotatable bonds is 3. The molecule has 2 bridgehead atoms. The molecular weight excluding hydrogens is 322 g/mol. The van der Waals surface area contributed by atoms with Gasteiger partial charge in [0.1, 0.15) is 5.78 Å². The fourth-order valence-corrected chi connectivity index (χ4v) is 7.41. The summed E-state index contributed by atoms with van der Waals surface area (Å²) in [6, 6.07) is 8.04. The molecule has 2 aliphatic carbocycles. The first-order chi connectivity index (χ1) is 11.3. The van der Waals surface area contributed by atoms with E-state index in [1.807, 2.05) is 18.2 Å². The molecule has 0 aromatic heterocycles. The van der Waals surface area contributed by atoms with Crippen molar-refractivity contribution in [1.29, 1.82) is 0 Å². The Balaban J connectivity index is 1.62. The number of sulfonamides is 1. The molecule has 4 nitrogen and oxygen atoms in total. The minimum absolute atomic E-state index is 0.00942. The summed E-state index contributed by atoms with van der Waals surface area (Å²) in [5.41, 5.74) is 1.45. The van der Waals surface area contributed by atoms with Crippen LogP contribution in [-0.4, -0.2) is 30.8 Å². The molecule has 130 valence electrons. The number of hydrogen-bond acceptors (Lipinski definition) is 3. The highest BCUT2D eigenvalue weighted by Crippen LogP contribution is 2.64. The van der Waals surface area contributed by atoms with E-state index in [0.29, 0.717) is 25.4 Å². The Kier molecular flexibility index (Phi) is 3.49. The predicted molar refractivity (Wildman–Crippen MR) is 92.9 cm³/mol. The van der Waals surface area contributed by atoms with Crippen LogP contribution in [0.4, 0.5) is 0 Å². The second kappa shape index (κ2) is 5.15. The highest BCUT2D eigenvalue weighted by atomic mass is 32.2. The van der Waals surface area contributed by atoms with E-state index in [-0.39, 0.29) is 17.0 Å². The third-order valence-corrected chi connectivity index (χ3v) is 9.01. The Morgan fingerprint density at radius 1 is 1.21 bits per heavy atom. The minimum Gasteiger partial charge on any atom is -0.299 e.